The summed E-state index contributed by atoms with van der Waals surface area (Å²) in [6, 6.07) is 15.7. The molecule has 33 heavy (non-hydrogen) atoms. The molecule has 0 aromatic heterocycles. The first kappa shape index (κ1) is 23.0. The van der Waals surface area contributed by atoms with Gasteiger partial charge in [0.25, 0.3) is 0 Å². The highest BCUT2D eigenvalue weighted by atomic mass is 16.2. The summed E-state index contributed by atoms with van der Waals surface area (Å²) in [5, 5.41) is 3.10. The van der Waals surface area contributed by atoms with Crippen molar-refractivity contribution < 1.29 is 14.4 Å². The zero-order valence-electron chi connectivity index (χ0n) is 19.7. The molecule has 2 aliphatic heterocycles. The number of piperidine rings is 1. The molecule has 3 amide bonds. The molecule has 1 N–H and O–H groups in total. The zero-order chi connectivity index (χ0) is 23.5. The number of nitrogens with one attached hydrogen (secondary N) is 1. The van der Waals surface area contributed by atoms with E-state index in [2.05, 4.69) is 19.2 Å². The third kappa shape index (κ3) is 5.10. The minimum absolute atomic E-state index is 0.00437. The van der Waals surface area contributed by atoms with Gasteiger partial charge in [-0.05, 0) is 49.4 Å². The van der Waals surface area contributed by atoms with Crippen LogP contribution in [-0.4, -0.2) is 42.3 Å². The number of hydrogen-bond donors (Lipinski definition) is 1. The topological polar surface area (TPSA) is 69.7 Å². The van der Waals surface area contributed by atoms with Crippen molar-refractivity contribution in [2.45, 2.75) is 46.0 Å². The van der Waals surface area contributed by atoms with Crippen LogP contribution in [0, 0.1) is 18.8 Å². The summed E-state index contributed by atoms with van der Waals surface area (Å²) in [4.78, 5) is 42.1. The van der Waals surface area contributed by atoms with Crippen molar-refractivity contribution in [2.24, 2.45) is 11.8 Å². The molecule has 0 unspecified atom stereocenters. The Balaban J connectivity index is 1.32. The van der Waals surface area contributed by atoms with E-state index >= 15 is 0 Å². The van der Waals surface area contributed by atoms with E-state index in [0.717, 1.165) is 22.5 Å². The fourth-order valence-electron chi connectivity index (χ4n) is 4.82. The summed E-state index contributed by atoms with van der Waals surface area (Å²) in [5.74, 6) is -0.0470. The molecule has 0 aliphatic carbocycles. The molecule has 2 fully saturated rings. The van der Waals surface area contributed by atoms with E-state index in [1.165, 1.54) is 0 Å². The Hall–Kier alpha value is -3.15. The van der Waals surface area contributed by atoms with Gasteiger partial charge in [-0.2, -0.15) is 0 Å². The molecule has 0 spiro atoms. The largest absolute Gasteiger partial charge is 0.342 e. The molecule has 0 saturated carbocycles. The van der Waals surface area contributed by atoms with Gasteiger partial charge in [-0.1, -0.05) is 49.7 Å². The molecule has 2 aliphatic rings. The van der Waals surface area contributed by atoms with Crippen molar-refractivity contribution in [3.63, 3.8) is 0 Å². The van der Waals surface area contributed by atoms with E-state index in [9.17, 15) is 14.4 Å². The van der Waals surface area contributed by atoms with Crippen LogP contribution in [0.5, 0.6) is 0 Å². The molecular formula is C27H33N3O3. The monoisotopic (exact) mass is 447 g/mol. The summed E-state index contributed by atoms with van der Waals surface area (Å²) in [5.41, 5.74) is 3.98. The molecule has 0 bridgehead atoms. The van der Waals surface area contributed by atoms with Crippen LogP contribution in [0.25, 0.3) is 0 Å². The Bertz CT molecular complexity index is 1020. The molecule has 6 heteroatoms. The molecular weight excluding hydrogens is 414 g/mol. The third-order valence-electron chi connectivity index (χ3n) is 6.84. The lowest BCUT2D eigenvalue weighted by molar-refractivity contribution is -0.138. The van der Waals surface area contributed by atoms with Gasteiger partial charge in [-0.3, -0.25) is 14.4 Å². The Morgan fingerprint density at radius 2 is 1.64 bits per heavy atom. The molecule has 2 heterocycles. The van der Waals surface area contributed by atoms with E-state index in [4.69, 9.17) is 0 Å². The van der Waals surface area contributed by atoms with Gasteiger partial charge in [-0.15, -0.1) is 0 Å². The second-order valence-electron chi connectivity index (χ2n) is 9.57. The highest BCUT2D eigenvalue weighted by molar-refractivity contribution is 6.00. The van der Waals surface area contributed by atoms with Gasteiger partial charge in [0.05, 0.1) is 5.92 Å². The number of amides is 3. The molecule has 174 valence electrons. The number of benzene rings is 2. The first-order valence-electron chi connectivity index (χ1n) is 11.9. The van der Waals surface area contributed by atoms with E-state index in [1.54, 1.807) is 4.90 Å². The van der Waals surface area contributed by atoms with Crippen molar-refractivity contribution >= 4 is 29.1 Å². The molecule has 2 saturated heterocycles. The number of nitrogens with zero attached hydrogens (tertiary/aromatic N) is 2. The van der Waals surface area contributed by atoms with E-state index in [-0.39, 0.29) is 36.0 Å². The lowest BCUT2D eigenvalue weighted by Crippen LogP contribution is -2.44. The summed E-state index contributed by atoms with van der Waals surface area (Å²) in [6.07, 6.45) is 1.53. The Labute approximate surface area is 196 Å². The van der Waals surface area contributed by atoms with E-state index in [0.29, 0.717) is 38.4 Å². The molecule has 1 atom stereocenters. The normalized spacial score (nSPS) is 19.3. The summed E-state index contributed by atoms with van der Waals surface area (Å²) < 4.78 is 0. The lowest BCUT2D eigenvalue weighted by atomic mass is 9.94. The smallest absolute Gasteiger partial charge is 0.228 e. The number of rotatable bonds is 5. The summed E-state index contributed by atoms with van der Waals surface area (Å²) in [7, 11) is 0. The fourth-order valence-corrected chi connectivity index (χ4v) is 4.82. The quantitative estimate of drug-likeness (QED) is 0.741. The van der Waals surface area contributed by atoms with E-state index < -0.39 is 0 Å². The first-order chi connectivity index (χ1) is 15.8. The standard InChI is InChI=1S/C27H33N3O3/c1-18(2)23-6-4-5-7-24(23)28-26(32)20-12-14-29(15-13-20)27(33)21-16-25(31)30(17-21)22-10-8-19(3)9-11-22/h4-11,18,20-21H,12-17H2,1-3H3,(H,28,32)/t21-/m1/s1. The molecule has 6 nitrogen and oxygen atoms in total. The van der Waals surface area contributed by atoms with Gasteiger partial charge >= 0.3 is 0 Å². The average molecular weight is 448 g/mol. The predicted octanol–water partition coefficient (Wildman–Crippen LogP) is 4.35. The van der Waals surface area contributed by atoms with Gasteiger partial charge in [0.2, 0.25) is 17.7 Å². The van der Waals surface area contributed by atoms with Gasteiger partial charge in [0.1, 0.15) is 0 Å². The number of likely N-dealkylation sites (tertiary alicyclic amines) is 1. The van der Waals surface area contributed by atoms with Crippen molar-refractivity contribution in [2.75, 3.05) is 29.9 Å². The zero-order valence-corrected chi connectivity index (χ0v) is 19.7. The fraction of sp³-hybridized carbons (Fsp3) is 0.444. The number of carbonyl (C=O) groups is 3. The average Bonchev–Trinajstić information content (AvgIpc) is 3.21. The minimum atomic E-state index is -0.318. The second-order valence-corrected chi connectivity index (χ2v) is 9.57. The SMILES string of the molecule is Cc1ccc(N2C[C@H](C(=O)N3CCC(C(=O)Nc4ccccc4C(C)C)CC3)CC2=O)cc1. The van der Waals surface area contributed by atoms with Crippen molar-refractivity contribution in [3.05, 3.63) is 59.7 Å². The maximum atomic E-state index is 13.1. The first-order valence-corrected chi connectivity index (χ1v) is 11.9. The van der Waals surface area contributed by atoms with Crippen LogP contribution in [-0.2, 0) is 14.4 Å². The summed E-state index contributed by atoms with van der Waals surface area (Å²) in [6.45, 7) is 7.77. The third-order valence-corrected chi connectivity index (χ3v) is 6.84. The van der Waals surface area contributed by atoms with Crippen LogP contribution in [0.2, 0.25) is 0 Å². The molecule has 2 aromatic carbocycles. The van der Waals surface area contributed by atoms with Gasteiger partial charge in [-0.25, -0.2) is 0 Å². The van der Waals surface area contributed by atoms with Gasteiger partial charge in [0, 0.05) is 43.3 Å². The Morgan fingerprint density at radius 3 is 2.30 bits per heavy atom. The van der Waals surface area contributed by atoms with Crippen molar-refractivity contribution in [3.8, 4) is 0 Å². The number of hydrogen-bond acceptors (Lipinski definition) is 3. The number of aryl methyl sites for hydroxylation is 1. The lowest BCUT2D eigenvalue weighted by Gasteiger charge is -2.33. The maximum Gasteiger partial charge on any atom is 0.228 e. The number of carbonyl (C=O) groups excluding carboxylic acids is 3. The highest BCUT2D eigenvalue weighted by Gasteiger charge is 2.38. The van der Waals surface area contributed by atoms with Crippen molar-refractivity contribution in [1.29, 1.82) is 0 Å². The van der Waals surface area contributed by atoms with Crippen LogP contribution in [0.15, 0.2) is 48.5 Å². The number of anilines is 2. The van der Waals surface area contributed by atoms with Crippen molar-refractivity contribution in [1.82, 2.24) is 4.90 Å². The Morgan fingerprint density at radius 1 is 0.970 bits per heavy atom. The highest BCUT2D eigenvalue weighted by Crippen LogP contribution is 2.29. The van der Waals surface area contributed by atoms with Crippen LogP contribution in [0.1, 0.15) is 50.2 Å². The predicted molar refractivity (Wildman–Crippen MR) is 130 cm³/mol. The van der Waals surface area contributed by atoms with Crippen LogP contribution < -0.4 is 10.2 Å². The van der Waals surface area contributed by atoms with Crippen LogP contribution >= 0.6 is 0 Å². The van der Waals surface area contributed by atoms with Crippen LogP contribution in [0.3, 0.4) is 0 Å². The van der Waals surface area contributed by atoms with E-state index in [1.807, 2.05) is 60.4 Å². The minimum Gasteiger partial charge on any atom is -0.342 e. The Kier molecular flexibility index (Phi) is 6.82. The molecule has 2 aromatic rings. The second kappa shape index (κ2) is 9.77. The van der Waals surface area contributed by atoms with Gasteiger partial charge < -0.3 is 15.1 Å². The maximum absolute atomic E-state index is 13.1. The molecule has 4 rings (SSSR count). The molecule has 0 radical (unpaired) electrons. The van der Waals surface area contributed by atoms with Crippen LogP contribution in [0.4, 0.5) is 11.4 Å². The summed E-state index contributed by atoms with van der Waals surface area (Å²) >= 11 is 0. The number of para-hydroxylation sites is 1. The van der Waals surface area contributed by atoms with Gasteiger partial charge in [0.15, 0.2) is 0 Å².